The number of nitrogens with zero attached hydrogens (tertiary/aromatic N) is 2. The van der Waals surface area contributed by atoms with Crippen LogP contribution < -0.4 is 5.32 Å². The fraction of sp³-hybridized carbons (Fsp3) is 0.250. The molecule has 0 fully saturated rings. The number of aryl methyl sites for hydroxylation is 1. The SMILES string of the molecule is Cn1cc(CCNc2cc(F)c(Br)cc2F)cn1. The highest BCUT2D eigenvalue weighted by Gasteiger charge is 2.07. The number of benzene rings is 1. The third kappa shape index (κ3) is 3.07. The molecule has 0 aliphatic heterocycles. The van der Waals surface area contributed by atoms with Crippen molar-refractivity contribution in [1.82, 2.24) is 9.78 Å². The van der Waals surface area contributed by atoms with E-state index in [0.717, 1.165) is 17.7 Å². The summed E-state index contributed by atoms with van der Waals surface area (Å²) >= 11 is 2.93. The van der Waals surface area contributed by atoms with E-state index in [-0.39, 0.29) is 10.2 Å². The van der Waals surface area contributed by atoms with Crippen LogP contribution in [0.15, 0.2) is 29.0 Å². The van der Waals surface area contributed by atoms with Crippen molar-refractivity contribution in [2.75, 3.05) is 11.9 Å². The van der Waals surface area contributed by atoms with Crippen LogP contribution in [-0.4, -0.2) is 16.3 Å². The highest BCUT2D eigenvalue weighted by Crippen LogP contribution is 2.23. The Bertz CT molecular complexity index is 554. The Morgan fingerprint density at radius 3 is 2.78 bits per heavy atom. The average molecular weight is 316 g/mol. The topological polar surface area (TPSA) is 29.9 Å². The van der Waals surface area contributed by atoms with Crippen molar-refractivity contribution in [3.05, 3.63) is 46.2 Å². The van der Waals surface area contributed by atoms with Gasteiger partial charge in [-0.15, -0.1) is 0 Å². The summed E-state index contributed by atoms with van der Waals surface area (Å²) in [6.07, 6.45) is 4.34. The highest BCUT2D eigenvalue weighted by atomic mass is 79.9. The lowest BCUT2D eigenvalue weighted by molar-refractivity contribution is 0.596. The van der Waals surface area contributed by atoms with Crippen LogP contribution in [-0.2, 0) is 13.5 Å². The molecular formula is C12H12BrF2N3. The maximum absolute atomic E-state index is 13.5. The van der Waals surface area contributed by atoms with Crippen LogP contribution in [0.1, 0.15) is 5.56 Å². The predicted molar refractivity (Wildman–Crippen MR) is 69.5 cm³/mol. The van der Waals surface area contributed by atoms with Crippen molar-refractivity contribution >= 4 is 21.6 Å². The quantitative estimate of drug-likeness (QED) is 0.879. The molecule has 2 aromatic rings. The van der Waals surface area contributed by atoms with Gasteiger partial charge < -0.3 is 5.32 Å². The Hall–Kier alpha value is -1.43. The Morgan fingerprint density at radius 1 is 1.33 bits per heavy atom. The van der Waals surface area contributed by atoms with Crippen LogP contribution in [0.2, 0.25) is 0 Å². The molecule has 0 amide bonds. The lowest BCUT2D eigenvalue weighted by atomic mass is 10.2. The second kappa shape index (κ2) is 5.48. The molecule has 3 nitrogen and oxygen atoms in total. The van der Waals surface area contributed by atoms with Crippen molar-refractivity contribution in [3.8, 4) is 0 Å². The number of rotatable bonds is 4. The van der Waals surface area contributed by atoms with Crippen molar-refractivity contribution in [3.63, 3.8) is 0 Å². The molecule has 0 spiro atoms. The number of hydrogen-bond acceptors (Lipinski definition) is 2. The molecule has 0 unspecified atom stereocenters. The summed E-state index contributed by atoms with van der Waals surface area (Å²) < 4.78 is 28.6. The van der Waals surface area contributed by atoms with Crippen molar-refractivity contribution < 1.29 is 8.78 Å². The van der Waals surface area contributed by atoms with Gasteiger partial charge in [-0.2, -0.15) is 5.10 Å². The molecule has 0 saturated carbocycles. The summed E-state index contributed by atoms with van der Waals surface area (Å²) in [4.78, 5) is 0. The van der Waals surface area contributed by atoms with Gasteiger partial charge in [-0.3, -0.25) is 4.68 Å². The lowest BCUT2D eigenvalue weighted by Gasteiger charge is -2.07. The molecule has 0 bridgehead atoms. The summed E-state index contributed by atoms with van der Waals surface area (Å²) in [5.41, 5.74) is 1.21. The predicted octanol–water partition coefficient (Wildman–Crippen LogP) is 3.12. The third-order valence-corrected chi connectivity index (χ3v) is 3.11. The molecule has 1 N–H and O–H groups in total. The largest absolute Gasteiger partial charge is 0.382 e. The van der Waals surface area contributed by atoms with Gasteiger partial charge in [0.05, 0.1) is 16.4 Å². The van der Waals surface area contributed by atoms with Crippen LogP contribution >= 0.6 is 15.9 Å². The van der Waals surface area contributed by atoms with Gasteiger partial charge in [0.1, 0.15) is 11.6 Å². The number of aromatic nitrogens is 2. The molecule has 1 aromatic heterocycles. The molecule has 0 aliphatic carbocycles. The lowest BCUT2D eigenvalue weighted by Crippen LogP contribution is -2.06. The first-order valence-corrected chi connectivity index (χ1v) is 6.21. The molecule has 0 aliphatic rings. The maximum Gasteiger partial charge on any atom is 0.147 e. The van der Waals surface area contributed by atoms with Gasteiger partial charge in [-0.1, -0.05) is 0 Å². The van der Waals surface area contributed by atoms with Gasteiger partial charge in [0.15, 0.2) is 0 Å². The molecule has 6 heteroatoms. The number of halogens is 3. The summed E-state index contributed by atoms with van der Waals surface area (Å²) in [5.74, 6) is -0.963. The van der Waals surface area contributed by atoms with E-state index in [0.29, 0.717) is 13.0 Å². The van der Waals surface area contributed by atoms with E-state index in [1.807, 2.05) is 13.2 Å². The summed E-state index contributed by atoms with van der Waals surface area (Å²) in [6.45, 7) is 0.518. The molecule has 18 heavy (non-hydrogen) atoms. The van der Waals surface area contributed by atoms with Crippen LogP contribution in [0.4, 0.5) is 14.5 Å². The molecule has 1 aromatic carbocycles. The summed E-state index contributed by atoms with van der Waals surface area (Å²) in [5, 5.41) is 6.90. The van der Waals surface area contributed by atoms with E-state index < -0.39 is 11.6 Å². The van der Waals surface area contributed by atoms with Gasteiger partial charge in [0.25, 0.3) is 0 Å². The van der Waals surface area contributed by atoms with Gasteiger partial charge in [-0.25, -0.2) is 8.78 Å². The zero-order valence-corrected chi connectivity index (χ0v) is 11.3. The van der Waals surface area contributed by atoms with Gasteiger partial charge in [0.2, 0.25) is 0 Å². The standard InChI is InChI=1S/C12H12BrF2N3/c1-18-7-8(6-17-18)2-3-16-12-5-10(14)9(13)4-11(12)15/h4-7,16H,2-3H2,1H3. The number of hydrogen-bond donors (Lipinski definition) is 1. The molecule has 96 valence electrons. The van der Waals surface area contributed by atoms with Gasteiger partial charge in [0, 0.05) is 25.9 Å². The second-order valence-electron chi connectivity index (χ2n) is 3.95. The third-order valence-electron chi connectivity index (χ3n) is 2.50. The Kier molecular flexibility index (Phi) is 3.96. The first kappa shape index (κ1) is 13.0. The van der Waals surface area contributed by atoms with Crippen molar-refractivity contribution in [1.29, 1.82) is 0 Å². The van der Waals surface area contributed by atoms with E-state index in [9.17, 15) is 8.78 Å². The molecule has 0 saturated heterocycles. The normalized spacial score (nSPS) is 10.7. The van der Waals surface area contributed by atoms with Gasteiger partial charge >= 0.3 is 0 Å². The maximum atomic E-state index is 13.5. The van der Waals surface area contributed by atoms with E-state index in [2.05, 4.69) is 26.3 Å². The summed E-state index contributed by atoms with van der Waals surface area (Å²) in [6, 6.07) is 2.25. The molecule has 2 rings (SSSR count). The van der Waals surface area contributed by atoms with E-state index in [1.165, 1.54) is 0 Å². The van der Waals surface area contributed by atoms with Crippen molar-refractivity contribution in [2.24, 2.45) is 7.05 Å². The molecular weight excluding hydrogens is 304 g/mol. The van der Waals surface area contributed by atoms with Crippen LogP contribution in [0.25, 0.3) is 0 Å². The van der Waals surface area contributed by atoms with E-state index >= 15 is 0 Å². The minimum Gasteiger partial charge on any atom is -0.382 e. The van der Waals surface area contributed by atoms with Crippen molar-refractivity contribution in [2.45, 2.75) is 6.42 Å². The average Bonchev–Trinajstić information content (AvgIpc) is 2.71. The monoisotopic (exact) mass is 315 g/mol. The highest BCUT2D eigenvalue weighted by molar-refractivity contribution is 9.10. The Morgan fingerprint density at radius 2 is 2.11 bits per heavy atom. The molecule has 1 heterocycles. The van der Waals surface area contributed by atoms with Crippen LogP contribution in [0.5, 0.6) is 0 Å². The molecule has 0 radical (unpaired) electrons. The number of nitrogens with one attached hydrogen (secondary N) is 1. The minimum atomic E-state index is -0.486. The summed E-state index contributed by atoms with van der Waals surface area (Å²) in [7, 11) is 1.83. The van der Waals surface area contributed by atoms with Crippen LogP contribution in [0.3, 0.4) is 0 Å². The van der Waals surface area contributed by atoms with E-state index in [4.69, 9.17) is 0 Å². The first-order valence-electron chi connectivity index (χ1n) is 5.42. The Balaban J connectivity index is 1.96. The number of anilines is 1. The smallest absolute Gasteiger partial charge is 0.147 e. The molecule has 0 atom stereocenters. The fourth-order valence-corrected chi connectivity index (χ4v) is 1.92. The van der Waals surface area contributed by atoms with Crippen LogP contribution in [0, 0.1) is 11.6 Å². The fourth-order valence-electron chi connectivity index (χ4n) is 1.60. The van der Waals surface area contributed by atoms with Gasteiger partial charge in [-0.05, 0) is 34.0 Å². The second-order valence-corrected chi connectivity index (χ2v) is 4.80. The first-order chi connectivity index (χ1) is 8.56. The zero-order chi connectivity index (χ0) is 13.1. The van der Waals surface area contributed by atoms with E-state index in [1.54, 1.807) is 10.9 Å². The zero-order valence-electron chi connectivity index (χ0n) is 9.75. The minimum absolute atomic E-state index is 0.123. The Labute approximate surface area is 112 Å².